The van der Waals surface area contributed by atoms with Crippen molar-refractivity contribution in [2.45, 2.75) is 30.8 Å². The largest absolute Gasteiger partial charge is 0.366 e. The molecule has 0 saturated carbocycles. The van der Waals surface area contributed by atoms with E-state index in [9.17, 15) is 4.79 Å². The molecule has 100 valence electrons. The van der Waals surface area contributed by atoms with E-state index in [4.69, 9.17) is 5.73 Å². The van der Waals surface area contributed by atoms with Gasteiger partial charge in [-0.15, -0.1) is 0 Å². The van der Waals surface area contributed by atoms with E-state index in [0.29, 0.717) is 5.56 Å². The standard InChI is InChI=1S/C14H17N3OS/c1-2-8-17-9-7-16-14(17)19-10-11-3-5-12(6-4-11)13(15)18/h3-7,9H,2,8,10H2,1H3,(H2,15,18). The fourth-order valence-corrected chi connectivity index (χ4v) is 2.70. The molecule has 0 atom stereocenters. The van der Waals surface area contributed by atoms with E-state index in [1.807, 2.05) is 24.5 Å². The summed E-state index contributed by atoms with van der Waals surface area (Å²) >= 11 is 1.70. The molecule has 1 heterocycles. The molecule has 19 heavy (non-hydrogen) atoms. The number of aryl methyl sites for hydroxylation is 1. The molecule has 2 aromatic rings. The van der Waals surface area contributed by atoms with Crippen LogP contribution in [0.1, 0.15) is 29.3 Å². The van der Waals surface area contributed by atoms with Gasteiger partial charge in [-0.1, -0.05) is 30.8 Å². The van der Waals surface area contributed by atoms with Crippen molar-refractivity contribution < 1.29 is 4.79 Å². The molecular formula is C14H17N3OS. The Labute approximate surface area is 117 Å². The van der Waals surface area contributed by atoms with Crippen LogP contribution in [0.2, 0.25) is 0 Å². The van der Waals surface area contributed by atoms with Crippen molar-refractivity contribution in [1.29, 1.82) is 0 Å². The predicted octanol–water partition coefficient (Wildman–Crippen LogP) is 2.68. The monoisotopic (exact) mass is 275 g/mol. The van der Waals surface area contributed by atoms with Crippen molar-refractivity contribution in [2.24, 2.45) is 5.73 Å². The van der Waals surface area contributed by atoms with Crippen LogP contribution in [0.3, 0.4) is 0 Å². The van der Waals surface area contributed by atoms with Gasteiger partial charge in [0.1, 0.15) is 0 Å². The second-order valence-corrected chi connectivity index (χ2v) is 5.20. The fourth-order valence-electron chi connectivity index (χ4n) is 1.76. The second-order valence-electron chi connectivity index (χ2n) is 4.25. The minimum atomic E-state index is -0.391. The van der Waals surface area contributed by atoms with E-state index in [2.05, 4.69) is 16.5 Å². The highest BCUT2D eigenvalue weighted by molar-refractivity contribution is 7.98. The third-order valence-corrected chi connectivity index (χ3v) is 3.82. The van der Waals surface area contributed by atoms with E-state index in [1.54, 1.807) is 23.9 Å². The van der Waals surface area contributed by atoms with Crippen molar-refractivity contribution in [2.75, 3.05) is 0 Å². The molecule has 1 aromatic heterocycles. The average Bonchev–Trinajstić information content (AvgIpc) is 2.85. The van der Waals surface area contributed by atoms with Crippen LogP contribution in [0.5, 0.6) is 0 Å². The first-order chi connectivity index (χ1) is 9.20. The van der Waals surface area contributed by atoms with Gasteiger partial charge in [0.05, 0.1) is 0 Å². The molecule has 2 rings (SSSR count). The molecule has 0 radical (unpaired) electrons. The number of carbonyl (C=O) groups excluding carboxylic acids is 1. The van der Waals surface area contributed by atoms with Crippen LogP contribution < -0.4 is 5.73 Å². The normalized spacial score (nSPS) is 10.6. The smallest absolute Gasteiger partial charge is 0.248 e. The lowest BCUT2D eigenvalue weighted by Gasteiger charge is -2.06. The summed E-state index contributed by atoms with van der Waals surface area (Å²) in [7, 11) is 0. The van der Waals surface area contributed by atoms with Gasteiger partial charge in [0.2, 0.25) is 5.91 Å². The maximum absolute atomic E-state index is 11.0. The van der Waals surface area contributed by atoms with E-state index in [1.165, 1.54) is 0 Å². The van der Waals surface area contributed by atoms with Gasteiger partial charge >= 0.3 is 0 Å². The molecule has 5 heteroatoms. The van der Waals surface area contributed by atoms with Crippen LogP contribution >= 0.6 is 11.8 Å². The Morgan fingerprint density at radius 2 is 2.11 bits per heavy atom. The summed E-state index contributed by atoms with van der Waals surface area (Å²) in [6.07, 6.45) is 4.92. The summed E-state index contributed by atoms with van der Waals surface area (Å²) in [5.41, 5.74) is 6.91. The molecule has 1 aromatic carbocycles. The number of benzene rings is 1. The maximum atomic E-state index is 11.0. The molecule has 1 amide bonds. The van der Waals surface area contributed by atoms with E-state index in [0.717, 1.165) is 29.4 Å². The average molecular weight is 275 g/mol. The summed E-state index contributed by atoms with van der Waals surface area (Å²) < 4.78 is 2.16. The zero-order chi connectivity index (χ0) is 13.7. The molecule has 0 spiro atoms. The Balaban J connectivity index is 1.98. The number of thioether (sulfide) groups is 1. The molecule has 0 aliphatic carbocycles. The van der Waals surface area contributed by atoms with Crippen LogP contribution in [0.4, 0.5) is 0 Å². The van der Waals surface area contributed by atoms with Crippen LogP contribution in [-0.4, -0.2) is 15.5 Å². The summed E-state index contributed by atoms with van der Waals surface area (Å²) in [5.74, 6) is 0.442. The summed E-state index contributed by atoms with van der Waals surface area (Å²) in [4.78, 5) is 15.3. The zero-order valence-corrected chi connectivity index (χ0v) is 11.7. The second kappa shape index (κ2) is 6.43. The highest BCUT2D eigenvalue weighted by atomic mass is 32.2. The lowest BCUT2D eigenvalue weighted by molar-refractivity contribution is 0.100. The van der Waals surface area contributed by atoms with Crippen molar-refractivity contribution in [3.63, 3.8) is 0 Å². The molecule has 0 fully saturated rings. The van der Waals surface area contributed by atoms with Crippen LogP contribution in [-0.2, 0) is 12.3 Å². The zero-order valence-electron chi connectivity index (χ0n) is 10.9. The van der Waals surface area contributed by atoms with Gasteiger partial charge in [-0.2, -0.15) is 0 Å². The molecular weight excluding hydrogens is 258 g/mol. The molecule has 2 N–H and O–H groups in total. The van der Waals surface area contributed by atoms with Crippen LogP contribution in [0, 0.1) is 0 Å². The number of carbonyl (C=O) groups is 1. The van der Waals surface area contributed by atoms with Gasteiger partial charge < -0.3 is 10.3 Å². The van der Waals surface area contributed by atoms with Crippen molar-refractivity contribution >= 4 is 17.7 Å². The number of imidazole rings is 1. The quantitative estimate of drug-likeness (QED) is 0.824. The van der Waals surface area contributed by atoms with Gasteiger partial charge in [0.25, 0.3) is 0 Å². The molecule has 0 unspecified atom stereocenters. The van der Waals surface area contributed by atoms with E-state index < -0.39 is 5.91 Å². The number of nitrogens with zero attached hydrogens (tertiary/aromatic N) is 2. The predicted molar refractivity (Wildman–Crippen MR) is 77.0 cm³/mol. The Morgan fingerprint density at radius 3 is 2.74 bits per heavy atom. The third-order valence-electron chi connectivity index (χ3n) is 2.75. The highest BCUT2D eigenvalue weighted by Crippen LogP contribution is 2.21. The number of rotatable bonds is 6. The Morgan fingerprint density at radius 1 is 1.37 bits per heavy atom. The van der Waals surface area contributed by atoms with Gasteiger partial charge in [-0.3, -0.25) is 4.79 Å². The summed E-state index contributed by atoms with van der Waals surface area (Å²) in [6, 6.07) is 7.38. The van der Waals surface area contributed by atoms with Crippen LogP contribution in [0.15, 0.2) is 41.8 Å². The lowest BCUT2D eigenvalue weighted by Crippen LogP contribution is -2.10. The van der Waals surface area contributed by atoms with Crippen LogP contribution in [0.25, 0.3) is 0 Å². The maximum Gasteiger partial charge on any atom is 0.248 e. The number of hydrogen-bond donors (Lipinski definition) is 1. The Hall–Kier alpha value is -1.75. The lowest BCUT2D eigenvalue weighted by atomic mass is 10.1. The highest BCUT2D eigenvalue weighted by Gasteiger charge is 2.04. The number of hydrogen-bond acceptors (Lipinski definition) is 3. The summed E-state index contributed by atoms with van der Waals surface area (Å²) in [5, 5.41) is 1.03. The SMILES string of the molecule is CCCn1ccnc1SCc1ccc(C(N)=O)cc1. The van der Waals surface area contributed by atoms with Gasteiger partial charge in [0, 0.05) is 30.3 Å². The molecule has 0 aliphatic heterocycles. The minimum Gasteiger partial charge on any atom is -0.366 e. The molecule has 0 saturated heterocycles. The molecule has 4 nitrogen and oxygen atoms in total. The molecule has 0 aliphatic rings. The number of amides is 1. The van der Waals surface area contributed by atoms with Gasteiger partial charge in [0.15, 0.2) is 5.16 Å². The number of primary amides is 1. The first-order valence-electron chi connectivity index (χ1n) is 6.23. The van der Waals surface area contributed by atoms with Crippen molar-refractivity contribution in [3.05, 3.63) is 47.8 Å². The van der Waals surface area contributed by atoms with Crippen molar-refractivity contribution in [1.82, 2.24) is 9.55 Å². The van der Waals surface area contributed by atoms with Crippen molar-refractivity contribution in [3.8, 4) is 0 Å². The third kappa shape index (κ3) is 3.61. The summed E-state index contributed by atoms with van der Waals surface area (Å²) in [6.45, 7) is 3.14. The number of nitrogens with two attached hydrogens (primary N) is 1. The van der Waals surface area contributed by atoms with E-state index >= 15 is 0 Å². The Kier molecular flexibility index (Phi) is 4.63. The number of aromatic nitrogens is 2. The van der Waals surface area contributed by atoms with E-state index in [-0.39, 0.29) is 0 Å². The first-order valence-corrected chi connectivity index (χ1v) is 7.22. The van der Waals surface area contributed by atoms with Gasteiger partial charge in [-0.25, -0.2) is 4.98 Å². The fraction of sp³-hybridized carbons (Fsp3) is 0.286. The minimum absolute atomic E-state index is 0.391. The first kappa shape index (κ1) is 13.7. The molecule has 0 bridgehead atoms. The Bertz CT molecular complexity index is 548. The topological polar surface area (TPSA) is 60.9 Å². The van der Waals surface area contributed by atoms with Gasteiger partial charge in [-0.05, 0) is 24.1 Å².